The Morgan fingerprint density at radius 2 is 1.35 bits per heavy atom. The summed E-state index contributed by atoms with van der Waals surface area (Å²) in [6.07, 6.45) is 17.2. The molecule has 4 heteroatoms. The van der Waals surface area contributed by atoms with Gasteiger partial charge in [0.05, 0.1) is 5.70 Å². The number of nitrogens with one attached hydrogen (secondary N) is 3. The maximum Gasteiger partial charge on any atom is 0.0685 e. The van der Waals surface area contributed by atoms with Gasteiger partial charge in [0.15, 0.2) is 0 Å². The van der Waals surface area contributed by atoms with E-state index < -0.39 is 0 Å². The summed E-state index contributed by atoms with van der Waals surface area (Å²) in [5.41, 5.74) is 15.6. The zero-order chi connectivity index (χ0) is 26.7. The Labute approximate surface area is 222 Å². The van der Waals surface area contributed by atoms with E-state index in [1.54, 1.807) is 0 Å². The van der Waals surface area contributed by atoms with Crippen LogP contribution < -0.4 is 10.7 Å². The maximum absolute atomic E-state index is 4.75. The molecule has 4 heterocycles. The van der Waals surface area contributed by atoms with Crippen molar-refractivity contribution in [3.63, 3.8) is 0 Å². The van der Waals surface area contributed by atoms with E-state index in [1.807, 2.05) is 6.21 Å². The first-order chi connectivity index (χ1) is 17.9. The maximum atomic E-state index is 4.75. The highest BCUT2D eigenvalue weighted by Gasteiger charge is 2.16. The fraction of sp³-hybridized carbons (Fsp3) is 0.424. The second-order valence-electron chi connectivity index (χ2n) is 10.0. The van der Waals surface area contributed by atoms with Crippen LogP contribution in [0, 0.1) is 13.8 Å². The molecular formula is C33H44N4. The van der Waals surface area contributed by atoms with Gasteiger partial charge in [0.1, 0.15) is 0 Å². The van der Waals surface area contributed by atoms with Crippen molar-refractivity contribution in [1.29, 1.82) is 0 Å². The minimum atomic E-state index is 0.986. The molecule has 0 spiro atoms. The molecule has 4 nitrogen and oxygen atoms in total. The van der Waals surface area contributed by atoms with Gasteiger partial charge in [0.2, 0.25) is 0 Å². The lowest BCUT2D eigenvalue weighted by molar-refractivity contribution is 1.05. The highest BCUT2D eigenvalue weighted by Crippen LogP contribution is 2.30. The van der Waals surface area contributed by atoms with Crippen LogP contribution in [0.25, 0.3) is 18.2 Å². The molecule has 1 aliphatic rings. The Morgan fingerprint density at radius 3 is 1.97 bits per heavy atom. The van der Waals surface area contributed by atoms with Crippen molar-refractivity contribution in [1.82, 2.24) is 15.0 Å². The number of allylic oxidation sites excluding steroid dienone is 2. The van der Waals surface area contributed by atoms with Crippen LogP contribution in [0.4, 0.5) is 0 Å². The third kappa shape index (κ3) is 4.99. The number of nitrogens with zero attached hydrogens (tertiary/aromatic N) is 1. The van der Waals surface area contributed by atoms with Crippen LogP contribution in [0.1, 0.15) is 105 Å². The molecule has 3 aromatic heterocycles. The van der Waals surface area contributed by atoms with E-state index in [2.05, 4.69) is 94.8 Å². The molecule has 0 aromatic carbocycles. The van der Waals surface area contributed by atoms with Crippen molar-refractivity contribution >= 4 is 24.4 Å². The summed E-state index contributed by atoms with van der Waals surface area (Å²) in [4.78, 5) is 15.8. The lowest BCUT2D eigenvalue weighted by atomic mass is 10.0. The zero-order valence-electron chi connectivity index (χ0n) is 24.1. The molecule has 3 N–H and O–H groups in total. The Hall–Kier alpha value is -3.27. The summed E-state index contributed by atoms with van der Waals surface area (Å²) in [7, 11) is 0. The van der Waals surface area contributed by atoms with Gasteiger partial charge >= 0.3 is 0 Å². The molecule has 0 fully saturated rings. The fourth-order valence-electron chi connectivity index (χ4n) is 5.91. The third-order valence-electron chi connectivity index (χ3n) is 8.11. The first kappa shape index (κ1) is 26.8. The first-order valence-electron chi connectivity index (χ1n) is 14.2. The molecule has 3 aromatic rings. The Bertz CT molecular complexity index is 1490. The number of H-pyrrole nitrogens is 3. The zero-order valence-corrected chi connectivity index (χ0v) is 24.1. The molecule has 0 aliphatic carbocycles. The fourth-order valence-corrected chi connectivity index (χ4v) is 5.91. The van der Waals surface area contributed by atoms with E-state index in [0.717, 1.165) is 49.9 Å². The quantitative estimate of drug-likeness (QED) is 0.294. The van der Waals surface area contributed by atoms with E-state index in [-0.39, 0.29) is 0 Å². The van der Waals surface area contributed by atoms with Gasteiger partial charge in [0, 0.05) is 40.2 Å². The van der Waals surface area contributed by atoms with E-state index in [1.165, 1.54) is 66.6 Å². The number of rotatable bonds is 9. The molecule has 196 valence electrons. The average Bonchev–Trinajstić information content (AvgIpc) is 3.64. The molecule has 1 aliphatic heterocycles. The highest BCUT2D eigenvalue weighted by atomic mass is 14.8. The molecular weight excluding hydrogens is 452 g/mol. The molecule has 0 radical (unpaired) electrons. The minimum absolute atomic E-state index is 0.986. The van der Waals surface area contributed by atoms with Crippen LogP contribution >= 0.6 is 0 Å². The van der Waals surface area contributed by atoms with Gasteiger partial charge in [-0.3, -0.25) is 4.99 Å². The predicted octanol–water partition coefficient (Wildman–Crippen LogP) is 6.74. The molecule has 0 unspecified atom stereocenters. The Kier molecular flexibility index (Phi) is 8.26. The number of aryl methyl sites for hydroxylation is 1. The number of hydrogen-bond donors (Lipinski definition) is 3. The number of aliphatic imine (C=N–C) groups is 1. The summed E-state index contributed by atoms with van der Waals surface area (Å²) in [5.74, 6) is 0. The van der Waals surface area contributed by atoms with E-state index in [0.29, 0.717) is 0 Å². The SMILES string of the molecule is CCC1=C(CC)C(=Cc2[nH]c(C=c3[nH]/c(=C\c4[nH]cc(CC)c4CC)c(C)c3CC)c(CC)c2C)N=C1. The van der Waals surface area contributed by atoms with Crippen molar-refractivity contribution in [3.05, 3.63) is 84.2 Å². The van der Waals surface area contributed by atoms with Crippen LogP contribution in [0.15, 0.2) is 28.0 Å². The highest BCUT2D eigenvalue weighted by molar-refractivity contribution is 5.88. The standard InChI is InChI=1S/C33H44N4/c1-9-22-18-34-30(26(22)13-5)15-28-20(7)24(11-3)32(36-28)17-33-25(12-4)21(8)29(37-33)16-31-27(14-6)23(10-2)19-35-31/h15-19,34,36-37H,9-14H2,1-8H3/b28-15-,31-16?,32-17?. The number of aromatic nitrogens is 3. The third-order valence-corrected chi connectivity index (χ3v) is 8.11. The van der Waals surface area contributed by atoms with Gasteiger partial charge in [0.25, 0.3) is 0 Å². The molecule has 37 heavy (non-hydrogen) atoms. The summed E-state index contributed by atoms with van der Waals surface area (Å²) >= 11 is 0. The Morgan fingerprint density at radius 1 is 0.649 bits per heavy atom. The first-order valence-corrected chi connectivity index (χ1v) is 14.2. The van der Waals surface area contributed by atoms with Crippen molar-refractivity contribution in [2.45, 2.75) is 93.9 Å². The summed E-state index contributed by atoms with van der Waals surface area (Å²) < 4.78 is 0. The molecule has 0 saturated heterocycles. The lowest BCUT2D eigenvalue weighted by Crippen LogP contribution is -2.12. The molecule has 0 atom stereocenters. The van der Waals surface area contributed by atoms with Crippen LogP contribution in [-0.4, -0.2) is 21.2 Å². The Balaban J connectivity index is 1.83. The van der Waals surface area contributed by atoms with Crippen molar-refractivity contribution in [2.75, 3.05) is 0 Å². The minimum Gasteiger partial charge on any atom is -0.361 e. The second-order valence-corrected chi connectivity index (χ2v) is 10.0. The van der Waals surface area contributed by atoms with Crippen LogP contribution in [-0.2, 0) is 25.7 Å². The molecule has 0 bridgehead atoms. The van der Waals surface area contributed by atoms with Crippen LogP contribution in [0.3, 0.4) is 0 Å². The van der Waals surface area contributed by atoms with Crippen molar-refractivity contribution < 1.29 is 0 Å². The molecule has 0 saturated carbocycles. The average molecular weight is 497 g/mol. The van der Waals surface area contributed by atoms with E-state index >= 15 is 0 Å². The van der Waals surface area contributed by atoms with Gasteiger partial charge in [-0.05, 0) is 115 Å². The number of aromatic amines is 3. The smallest absolute Gasteiger partial charge is 0.0685 e. The van der Waals surface area contributed by atoms with E-state index in [9.17, 15) is 0 Å². The van der Waals surface area contributed by atoms with Crippen LogP contribution in [0.2, 0.25) is 0 Å². The van der Waals surface area contributed by atoms with Gasteiger partial charge in [-0.25, -0.2) is 0 Å². The molecule has 4 rings (SSSR count). The van der Waals surface area contributed by atoms with Gasteiger partial charge in [-0.1, -0.05) is 41.5 Å². The lowest BCUT2D eigenvalue weighted by Gasteiger charge is -2.03. The van der Waals surface area contributed by atoms with Crippen LogP contribution in [0.5, 0.6) is 0 Å². The summed E-state index contributed by atoms with van der Waals surface area (Å²) in [6.45, 7) is 17.9. The summed E-state index contributed by atoms with van der Waals surface area (Å²) in [6, 6.07) is 0. The molecule has 0 amide bonds. The van der Waals surface area contributed by atoms with Crippen molar-refractivity contribution in [2.24, 2.45) is 4.99 Å². The van der Waals surface area contributed by atoms with Gasteiger partial charge < -0.3 is 15.0 Å². The van der Waals surface area contributed by atoms with Gasteiger partial charge in [-0.2, -0.15) is 0 Å². The topological polar surface area (TPSA) is 59.7 Å². The van der Waals surface area contributed by atoms with Crippen molar-refractivity contribution in [3.8, 4) is 0 Å². The predicted molar refractivity (Wildman–Crippen MR) is 160 cm³/mol. The monoisotopic (exact) mass is 496 g/mol. The summed E-state index contributed by atoms with van der Waals surface area (Å²) in [5, 5.41) is 2.39. The second kappa shape index (κ2) is 11.4. The normalized spacial score (nSPS) is 15.8. The number of hydrogen-bond acceptors (Lipinski definition) is 1. The van der Waals surface area contributed by atoms with Gasteiger partial charge in [-0.15, -0.1) is 0 Å². The largest absolute Gasteiger partial charge is 0.361 e. The van der Waals surface area contributed by atoms with E-state index in [4.69, 9.17) is 4.99 Å².